The van der Waals surface area contributed by atoms with Gasteiger partial charge in [-0.2, -0.15) is 0 Å². The first kappa shape index (κ1) is 20.0. The van der Waals surface area contributed by atoms with Crippen molar-refractivity contribution in [1.82, 2.24) is 5.32 Å². The third-order valence-electron chi connectivity index (χ3n) is 4.43. The topological polar surface area (TPSA) is 125 Å². The van der Waals surface area contributed by atoms with Crippen molar-refractivity contribution < 1.29 is 34.4 Å². The minimum atomic E-state index is -1.53. The molecule has 28 heavy (non-hydrogen) atoms. The molecule has 148 valence electrons. The number of rotatable bonds is 6. The van der Waals surface area contributed by atoms with Gasteiger partial charge in [-0.1, -0.05) is 36.4 Å². The van der Waals surface area contributed by atoms with Crippen molar-refractivity contribution in [1.29, 1.82) is 0 Å². The van der Waals surface area contributed by atoms with Gasteiger partial charge in [0.05, 0.1) is 12.2 Å². The molecule has 0 bridgehead atoms. The van der Waals surface area contributed by atoms with Crippen LogP contribution in [-0.4, -0.2) is 64.4 Å². The lowest BCUT2D eigenvalue weighted by atomic mass is 10.0. The van der Waals surface area contributed by atoms with Crippen LogP contribution < -0.4 is 5.32 Å². The van der Waals surface area contributed by atoms with E-state index >= 15 is 0 Å². The fraction of sp³-hybridized carbons (Fsp3) is 0.300. The monoisotopic (exact) mass is 387 g/mol. The Morgan fingerprint density at radius 1 is 1.04 bits per heavy atom. The molecular weight excluding hydrogens is 366 g/mol. The van der Waals surface area contributed by atoms with Crippen molar-refractivity contribution >= 4 is 11.9 Å². The molecular formula is C20H21NO7. The minimum Gasteiger partial charge on any atom is -0.453 e. The molecule has 0 radical (unpaired) electrons. The predicted molar refractivity (Wildman–Crippen MR) is 97.3 cm³/mol. The molecule has 0 spiro atoms. The van der Waals surface area contributed by atoms with Gasteiger partial charge in [-0.25, -0.2) is 4.79 Å². The second kappa shape index (κ2) is 8.94. The maximum absolute atomic E-state index is 12.5. The van der Waals surface area contributed by atoms with Crippen molar-refractivity contribution in [3.63, 3.8) is 0 Å². The molecule has 1 heterocycles. The number of esters is 1. The summed E-state index contributed by atoms with van der Waals surface area (Å²) in [5.41, 5.74) is 0.600. The van der Waals surface area contributed by atoms with Crippen molar-refractivity contribution in [2.24, 2.45) is 0 Å². The summed E-state index contributed by atoms with van der Waals surface area (Å²) in [4.78, 5) is 24.9. The Kier molecular flexibility index (Phi) is 6.37. The molecule has 8 nitrogen and oxygen atoms in total. The lowest BCUT2D eigenvalue weighted by molar-refractivity contribution is -0.139. The van der Waals surface area contributed by atoms with Crippen LogP contribution in [0.5, 0.6) is 0 Å². The number of carbonyl (C=O) groups excluding carboxylic acids is 2. The van der Waals surface area contributed by atoms with Crippen molar-refractivity contribution in [2.45, 2.75) is 30.6 Å². The van der Waals surface area contributed by atoms with E-state index in [0.717, 1.165) is 0 Å². The van der Waals surface area contributed by atoms with E-state index < -0.39 is 49.1 Å². The number of ether oxygens (including phenoxy) is 2. The molecule has 1 aliphatic heterocycles. The van der Waals surface area contributed by atoms with Crippen molar-refractivity contribution in [2.75, 3.05) is 6.61 Å². The van der Waals surface area contributed by atoms with Gasteiger partial charge in [-0.3, -0.25) is 4.79 Å². The number of hydrogen-bond donors (Lipinski definition) is 4. The van der Waals surface area contributed by atoms with E-state index in [4.69, 9.17) is 9.47 Å². The fourth-order valence-electron chi connectivity index (χ4n) is 2.99. The highest BCUT2D eigenvalue weighted by Gasteiger charge is 2.50. The molecule has 2 aromatic rings. The maximum Gasteiger partial charge on any atom is 0.338 e. The zero-order valence-electron chi connectivity index (χ0n) is 14.8. The van der Waals surface area contributed by atoms with Gasteiger partial charge >= 0.3 is 5.97 Å². The molecule has 8 heteroatoms. The lowest BCUT2D eigenvalue weighted by Crippen LogP contribution is -2.51. The van der Waals surface area contributed by atoms with E-state index in [1.165, 1.54) is 0 Å². The Hall–Kier alpha value is -2.78. The normalized spacial score (nSPS) is 25.1. The van der Waals surface area contributed by atoms with E-state index in [1.807, 2.05) is 0 Å². The molecule has 1 saturated heterocycles. The van der Waals surface area contributed by atoms with E-state index in [2.05, 4.69) is 5.32 Å². The molecule has 0 aromatic heterocycles. The average molecular weight is 387 g/mol. The van der Waals surface area contributed by atoms with Crippen LogP contribution in [0.15, 0.2) is 60.7 Å². The molecule has 1 fully saturated rings. The Bertz CT molecular complexity index is 799. The molecule has 5 unspecified atom stereocenters. The summed E-state index contributed by atoms with van der Waals surface area (Å²) in [6.07, 6.45) is -5.37. The summed E-state index contributed by atoms with van der Waals surface area (Å²) in [5, 5.41) is 32.1. The predicted octanol–water partition coefficient (Wildman–Crippen LogP) is 0.0810. The highest BCUT2D eigenvalue weighted by atomic mass is 16.7. The fourth-order valence-corrected chi connectivity index (χ4v) is 2.99. The zero-order valence-corrected chi connectivity index (χ0v) is 14.8. The van der Waals surface area contributed by atoms with Crippen molar-refractivity contribution in [3.05, 3.63) is 71.8 Å². The van der Waals surface area contributed by atoms with Crippen LogP contribution >= 0.6 is 0 Å². The Balaban J connectivity index is 1.81. The van der Waals surface area contributed by atoms with Crippen LogP contribution in [0.3, 0.4) is 0 Å². The first-order chi connectivity index (χ1) is 13.5. The van der Waals surface area contributed by atoms with E-state index in [-0.39, 0.29) is 5.56 Å². The Morgan fingerprint density at radius 2 is 1.61 bits per heavy atom. The van der Waals surface area contributed by atoms with Crippen LogP contribution in [0.2, 0.25) is 0 Å². The van der Waals surface area contributed by atoms with E-state index in [1.54, 1.807) is 60.7 Å². The van der Waals surface area contributed by atoms with Gasteiger partial charge in [-0.15, -0.1) is 0 Å². The van der Waals surface area contributed by atoms with Gasteiger partial charge in [0, 0.05) is 5.56 Å². The van der Waals surface area contributed by atoms with Gasteiger partial charge in [0.25, 0.3) is 5.91 Å². The van der Waals surface area contributed by atoms with Gasteiger partial charge < -0.3 is 30.1 Å². The van der Waals surface area contributed by atoms with E-state index in [9.17, 15) is 24.9 Å². The molecule has 0 saturated carbocycles. The average Bonchev–Trinajstić information content (AvgIpc) is 3.04. The lowest BCUT2D eigenvalue weighted by Gasteiger charge is -2.26. The third kappa shape index (κ3) is 4.37. The van der Waals surface area contributed by atoms with Crippen LogP contribution in [0.25, 0.3) is 0 Å². The molecule has 3 rings (SSSR count). The summed E-state index contributed by atoms with van der Waals surface area (Å²) >= 11 is 0. The Labute approximate surface area is 161 Å². The molecule has 5 atom stereocenters. The van der Waals surface area contributed by atoms with Crippen molar-refractivity contribution in [3.8, 4) is 0 Å². The molecule has 0 aliphatic carbocycles. The smallest absolute Gasteiger partial charge is 0.338 e. The highest BCUT2D eigenvalue weighted by molar-refractivity contribution is 5.94. The standard InChI is InChI=1S/C20H21NO7/c22-11-14(23)16-17(28-19(25)13-9-5-2-6-10-13)15(20(26)27-16)21-18(24)12-7-3-1-4-8-12/h1-10,14-17,20,22-23,26H,11H2,(H,21,24). The number of aliphatic hydroxyl groups is 3. The number of hydrogen-bond acceptors (Lipinski definition) is 7. The zero-order chi connectivity index (χ0) is 20.1. The molecule has 1 amide bonds. The van der Waals surface area contributed by atoms with Gasteiger partial charge in [0.1, 0.15) is 18.2 Å². The summed E-state index contributed by atoms with van der Waals surface area (Å²) in [6.45, 7) is -0.671. The highest BCUT2D eigenvalue weighted by Crippen LogP contribution is 2.26. The Morgan fingerprint density at radius 3 is 2.18 bits per heavy atom. The van der Waals surface area contributed by atoms with Gasteiger partial charge in [0.2, 0.25) is 0 Å². The first-order valence-electron chi connectivity index (χ1n) is 8.75. The van der Waals surface area contributed by atoms with E-state index in [0.29, 0.717) is 5.56 Å². The van der Waals surface area contributed by atoms with Crippen LogP contribution in [0, 0.1) is 0 Å². The molecule has 1 aliphatic rings. The van der Waals surface area contributed by atoms with Crippen LogP contribution in [0.1, 0.15) is 20.7 Å². The second-order valence-electron chi connectivity index (χ2n) is 6.34. The number of nitrogens with one attached hydrogen (secondary N) is 1. The number of aliphatic hydroxyl groups excluding tert-OH is 3. The summed E-state index contributed by atoms with van der Waals surface area (Å²) in [5.74, 6) is -1.22. The quantitative estimate of drug-likeness (QED) is 0.517. The maximum atomic E-state index is 12.5. The largest absolute Gasteiger partial charge is 0.453 e. The molecule has 4 N–H and O–H groups in total. The number of carbonyl (C=O) groups is 2. The number of amides is 1. The minimum absolute atomic E-state index is 0.259. The van der Waals surface area contributed by atoms with Gasteiger partial charge in [-0.05, 0) is 24.3 Å². The first-order valence-corrected chi connectivity index (χ1v) is 8.75. The number of benzene rings is 2. The van der Waals surface area contributed by atoms with Crippen LogP contribution in [0.4, 0.5) is 0 Å². The summed E-state index contributed by atoms with van der Waals surface area (Å²) in [6, 6.07) is 15.3. The van der Waals surface area contributed by atoms with Gasteiger partial charge in [0.15, 0.2) is 12.4 Å². The molecule has 2 aromatic carbocycles. The SMILES string of the molecule is O=C(NC1C(O)OC(C(O)CO)C1OC(=O)c1ccccc1)c1ccccc1. The second-order valence-corrected chi connectivity index (χ2v) is 6.34. The summed E-state index contributed by atoms with van der Waals surface area (Å²) in [7, 11) is 0. The third-order valence-corrected chi connectivity index (χ3v) is 4.43. The summed E-state index contributed by atoms with van der Waals surface area (Å²) < 4.78 is 10.7. The van der Waals surface area contributed by atoms with Crippen LogP contribution in [-0.2, 0) is 9.47 Å².